The summed E-state index contributed by atoms with van der Waals surface area (Å²) >= 11 is 0. The number of rotatable bonds is 9. The Morgan fingerprint density at radius 3 is 2.37 bits per heavy atom. The molecule has 0 bridgehead atoms. The van der Waals surface area contributed by atoms with E-state index >= 15 is 0 Å². The molecule has 212 valence electrons. The third kappa shape index (κ3) is 7.25. The van der Waals surface area contributed by atoms with Crippen molar-refractivity contribution >= 4 is 21.9 Å². The summed E-state index contributed by atoms with van der Waals surface area (Å²) in [5.74, 6) is 1.69. The Labute approximate surface area is 225 Å². The summed E-state index contributed by atoms with van der Waals surface area (Å²) in [4.78, 5) is 27.2. The van der Waals surface area contributed by atoms with Crippen LogP contribution in [0.4, 0.5) is 10.6 Å². The second kappa shape index (κ2) is 11.9. The Hall–Kier alpha value is -2.22. The highest BCUT2D eigenvalue weighted by atomic mass is 32.2. The summed E-state index contributed by atoms with van der Waals surface area (Å²) in [7, 11) is -3.29. The van der Waals surface area contributed by atoms with Crippen molar-refractivity contribution in [3.63, 3.8) is 0 Å². The fourth-order valence-electron chi connectivity index (χ4n) is 4.98. The summed E-state index contributed by atoms with van der Waals surface area (Å²) in [5.41, 5.74) is -0.240. The fraction of sp³-hybridized carbons (Fsp3) is 0.800. The van der Waals surface area contributed by atoms with Crippen LogP contribution in [0, 0.1) is 5.92 Å². The molecule has 4 heterocycles. The van der Waals surface area contributed by atoms with Crippen molar-refractivity contribution in [2.24, 2.45) is 5.92 Å². The Morgan fingerprint density at radius 2 is 1.74 bits per heavy atom. The number of likely N-dealkylation sites (tertiary alicyclic amines) is 1. The highest BCUT2D eigenvalue weighted by molar-refractivity contribution is 7.89. The van der Waals surface area contributed by atoms with E-state index in [2.05, 4.69) is 19.8 Å². The van der Waals surface area contributed by atoms with Gasteiger partial charge in [-0.2, -0.15) is 4.31 Å². The molecule has 1 aliphatic carbocycles. The fourth-order valence-corrected chi connectivity index (χ4v) is 6.45. The van der Waals surface area contributed by atoms with Gasteiger partial charge in [0.2, 0.25) is 15.9 Å². The van der Waals surface area contributed by atoms with E-state index in [1.165, 1.54) is 0 Å². The topological polar surface area (TPSA) is 118 Å². The molecule has 1 aromatic rings. The van der Waals surface area contributed by atoms with Gasteiger partial charge in [-0.1, -0.05) is 0 Å². The summed E-state index contributed by atoms with van der Waals surface area (Å²) in [6, 6.07) is 0. The summed E-state index contributed by atoms with van der Waals surface area (Å²) in [6.45, 7) is 9.38. The number of aromatic nitrogens is 2. The van der Waals surface area contributed by atoms with Gasteiger partial charge in [0, 0.05) is 58.9 Å². The maximum Gasteiger partial charge on any atom is 0.410 e. The van der Waals surface area contributed by atoms with Gasteiger partial charge in [-0.3, -0.25) is 4.90 Å². The third-order valence-corrected chi connectivity index (χ3v) is 9.82. The summed E-state index contributed by atoms with van der Waals surface area (Å²) in [5, 5.41) is 0. The molecule has 0 radical (unpaired) electrons. The molecule has 5 rings (SSSR count). The van der Waals surface area contributed by atoms with Crippen LogP contribution in [-0.4, -0.2) is 129 Å². The molecule has 13 heteroatoms. The lowest BCUT2D eigenvalue weighted by atomic mass is 9.98. The van der Waals surface area contributed by atoms with Crippen LogP contribution in [0.3, 0.4) is 0 Å². The molecular weight excluding hydrogens is 512 g/mol. The molecule has 1 aromatic heterocycles. The Balaban J connectivity index is 1.01. The second-order valence-corrected chi connectivity index (χ2v) is 13.0. The van der Waals surface area contributed by atoms with E-state index in [9.17, 15) is 13.2 Å². The predicted molar refractivity (Wildman–Crippen MR) is 141 cm³/mol. The highest BCUT2D eigenvalue weighted by Crippen LogP contribution is 2.39. The Bertz CT molecular complexity index is 1030. The van der Waals surface area contributed by atoms with E-state index in [4.69, 9.17) is 14.2 Å². The Morgan fingerprint density at radius 1 is 1.03 bits per heavy atom. The molecule has 0 N–H and O–H groups in total. The first-order chi connectivity index (χ1) is 18.3. The van der Waals surface area contributed by atoms with Crippen LogP contribution in [0.2, 0.25) is 0 Å². The van der Waals surface area contributed by atoms with Gasteiger partial charge < -0.3 is 24.0 Å². The van der Waals surface area contributed by atoms with Gasteiger partial charge in [-0.05, 0) is 38.5 Å². The van der Waals surface area contributed by atoms with Gasteiger partial charge in [0.05, 0.1) is 38.0 Å². The van der Waals surface area contributed by atoms with Crippen molar-refractivity contribution in [3.8, 4) is 5.88 Å². The number of sulfonamides is 1. The average molecular weight is 553 g/mol. The van der Waals surface area contributed by atoms with E-state index < -0.39 is 10.0 Å². The van der Waals surface area contributed by atoms with Crippen molar-refractivity contribution in [2.45, 2.75) is 38.2 Å². The zero-order valence-corrected chi connectivity index (χ0v) is 23.1. The van der Waals surface area contributed by atoms with Gasteiger partial charge in [0.1, 0.15) is 11.4 Å². The lowest BCUT2D eigenvalue weighted by molar-refractivity contribution is 0.0407. The maximum atomic E-state index is 12.8. The van der Waals surface area contributed by atoms with E-state index in [0.29, 0.717) is 77.4 Å². The summed E-state index contributed by atoms with van der Waals surface area (Å²) < 4.78 is 44.0. The van der Waals surface area contributed by atoms with Gasteiger partial charge >= 0.3 is 6.09 Å². The number of anilines is 1. The number of piperazine rings is 1. The number of hydrogen-bond acceptors (Lipinski definition) is 10. The SMILES string of the molecule is CC1(OC(=O)N2CCC(COc3cnc(N4CCN(S(=O)(=O)CCN5CCOCC5)CC4)cn3)CC2)CC1. The van der Waals surface area contributed by atoms with Crippen molar-refractivity contribution in [1.82, 2.24) is 24.1 Å². The molecule has 0 spiro atoms. The van der Waals surface area contributed by atoms with Crippen LogP contribution in [0.5, 0.6) is 5.88 Å². The number of hydrogen-bond donors (Lipinski definition) is 0. The van der Waals surface area contributed by atoms with Gasteiger partial charge in [0.25, 0.3) is 0 Å². The maximum absolute atomic E-state index is 12.8. The largest absolute Gasteiger partial charge is 0.476 e. The molecule has 0 unspecified atom stereocenters. The predicted octanol–water partition coefficient (Wildman–Crippen LogP) is 1.04. The van der Waals surface area contributed by atoms with E-state index in [1.807, 2.05) is 6.92 Å². The molecule has 0 aromatic carbocycles. The number of amides is 1. The van der Waals surface area contributed by atoms with Crippen LogP contribution in [0.1, 0.15) is 32.6 Å². The normalized spacial score (nSPS) is 23.3. The molecule has 1 amide bonds. The summed E-state index contributed by atoms with van der Waals surface area (Å²) in [6.07, 6.45) is 6.78. The molecule has 3 aliphatic heterocycles. The van der Waals surface area contributed by atoms with Crippen molar-refractivity contribution in [1.29, 1.82) is 0 Å². The van der Waals surface area contributed by atoms with Crippen LogP contribution in [-0.2, 0) is 19.5 Å². The number of ether oxygens (including phenoxy) is 3. The van der Waals surface area contributed by atoms with Gasteiger partial charge in [0.15, 0.2) is 0 Å². The number of piperidine rings is 1. The average Bonchev–Trinajstić information content (AvgIpc) is 3.68. The number of carbonyl (C=O) groups excluding carboxylic acids is 1. The van der Waals surface area contributed by atoms with Crippen molar-refractivity contribution in [3.05, 3.63) is 12.4 Å². The number of morpholine rings is 1. The minimum atomic E-state index is -3.29. The zero-order valence-electron chi connectivity index (χ0n) is 22.3. The molecule has 3 saturated heterocycles. The van der Waals surface area contributed by atoms with E-state index in [-0.39, 0.29) is 17.4 Å². The smallest absolute Gasteiger partial charge is 0.410 e. The quantitative estimate of drug-likeness (QED) is 0.440. The van der Waals surface area contributed by atoms with Gasteiger partial charge in [-0.15, -0.1) is 0 Å². The number of carbonyl (C=O) groups is 1. The zero-order chi connectivity index (χ0) is 26.6. The molecule has 4 fully saturated rings. The second-order valence-electron chi connectivity index (χ2n) is 10.9. The minimum Gasteiger partial charge on any atom is -0.476 e. The number of nitrogens with zero attached hydrogens (tertiary/aromatic N) is 6. The van der Waals surface area contributed by atoms with Gasteiger partial charge in [-0.25, -0.2) is 23.2 Å². The molecule has 38 heavy (non-hydrogen) atoms. The molecular formula is C25H40N6O6S. The first-order valence-electron chi connectivity index (χ1n) is 13.8. The minimum absolute atomic E-state index is 0.140. The molecule has 4 aliphatic rings. The van der Waals surface area contributed by atoms with E-state index in [1.54, 1.807) is 21.6 Å². The molecule has 12 nitrogen and oxygen atoms in total. The van der Waals surface area contributed by atoms with Crippen LogP contribution >= 0.6 is 0 Å². The van der Waals surface area contributed by atoms with Crippen molar-refractivity contribution in [2.75, 3.05) is 89.4 Å². The first-order valence-corrected chi connectivity index (χ1v) is 15.4. The first kappa shape index (κ1) is 27.4. The molecule has 1 saturated carbocycles. The Kier molecular flexibility index (Phi) is 8.56. The van der Waals surface area contributed by atoms with E-state index in [0.717, 1.165) is 44.6 Å². The lowest BCUT2D eigenvalue weighted by Gasteiger charge is -2.35. The van der Waals surface area contributed by atoms with Crippen molar-refractivity contribution < 1.29 is 27.4 Å². The monoisotopic (exact) mass is 552 g/mol. The standard InChI is InChI=1S/C25H40N6O6S/c1-25(4-5-25)37-24(32)30-6-2-21(3-7-30)20-36-23-19-26-22(18-27-23)29-8-10-31(11-9-29)38(33,34)17-14-28-12-15-35-16-13-28/h18-19,21H,2-17,20H2,1H3. The molecule has 0 atom stereocenters. The lowest BCUT2D eigenvalue weighted by Crippen LogP contribution is -2.50. The highest BCUT2D eigenvalue weighted by Gasteiger charge is 2.43. The van der Waals surface area contributed by atoms with Crippen LogP contribution in [0.25, 0.3) is 0 Å². The van der Waals surface area contributed by atoms with Crippen LogP contribution in [0.15, 0.2) is 12.4 Å². The third-order valence-electron chi connectivity index (χ3n) is 7.97. The van der Waals surface area contributed by atoms with Crippen LogP contribution < -0.4 is 9.64 Å².